The van der Waals surface area contributed by atoms with Gasteiger partial charge in [-0.3, -0.25) is 0 Å². The number of alkyl halides is 2. The average Bonchev–Trinajstić information content (AvgIpc) is 2.83. The summed E-state index contributed by atoms with van der Waals surface area (Å²) in [5, 5.41) is 0. The van der Waals surface area contributed by atoms with Crippen LogP contribution in [0.15, 0.2) is 60.4 Å². The Hall–Kier alpha value is -3.36. The first-order valence-corrected chi connectivity index (χ1v) is 12.9. The summed E-state index contributed by atoms with van der Waals surface area (Å²) in [6.45, 7) is 12.3. The summed E-state index contributed by atoms with van der Waals surface area (Å²) in [5.41, 5.74) is -0.643. The van der Waals surface area contributed by atoms with E-state index in [4.69, 9.17) is 14.2 Å². The zero-order valence-electron chi connectivity index (χ0n) is 22.7. The molecular weight excluding hydrogens is 516 g/mol. The van der Waals surface area contributed by atoms with Crippen LogP contribution in [-0.2, 0) is 36.3 Å². The second-order valence-corrected chi connectivity index (χ2v) is 9.79. The molecule has 0 saturated heterocycles. The van der Waals surface area contributed by atoms with Gasteiger partial charge in [0, 0.05) is 11.1 Å². The summed E-state index contributed by atoms with van der Waals surface area (Å²) in [6, 6.07) is 1.74. The van der Waals surface area contributed by atoms with Gasteiger partial charge in [-0.25, -0.2) is 18.4 Å². The first-order chi connectivity index (χ1) is 18.3. The van der Waals surface area contributed by atoms with Crippen molar-refractivity contribution in [1.82, 2.24) is 0 Å². The quantitative estimate of drug-likeness (QED) is 0.0978. The van der Waals surface area contributed by atoms with Crippen LogP contribution in [-0.4, -0.2) is 25.2 Å². The summed E-state index contributed by atoms with van der Waals surface area (Å²) in [5.74, 6) is -4.03. The molecule has 2 rings (SSSR count). The fourth-order valence-electron chi connectivity index (χ4n) is 4.00. The van der Waals surface area contributed by atoms with Crippen LogP contribution < -0.4 is 0 Å². The lowest BCUT2D eigenvalue weighted by molar-refractivity contribution is -0.225. The van der Waals surface area contributed by atoms with Crippen molar-refractivity contribution >= 4 is 11.9 Å². The highest BCUT2D eigenvalue weighted by molar-refractivity contribution is 5.87. The van der Waals surface area contributed by atoms with E-state index in [2.05, 4.69) is 13.2 Å². The molecule has 0 heterocycles. The summed E-state index contributed by atoms with van der Waals surface area (Å²) < 4.78 is 73.7. The van der Waals surface area contributed by atoms with Crippen LogP contribution >= 0.6 is 0 Å². The fraction of sp³-hybridized carbons (Fsp3) is 0.467. The molecule has 0 bridgehead atoms. The predicted molar refractivity (Wildman–Crippen MR) is 140 cm³/mol. The molecule has 2 atom stereocenters. The third-order valence-corrected chi connectivity index (χ3v) is 6.20. The van der Waals surface area contributed by atoms with Gasteiger partial charge >= 0.3 is 18.0 Å². The highest BCUT2D eigenvalue weighted by Crippen LogP contribution is 2.38. The van der Waals surface area contributed by atoms with Gasteiger partial charge < -0.3 is 14.2 Å². The monoisotopic (exact) mass is 552 g/mol. The number of benzene rings is 1. The molecule has 0 N–H and O–H groups in total. The highest BCUT2D eigenvalue weighted by atomic mass is 19.3. The second kappa shape index (κ2) is 14.7. The molecule has 1 aliphatic carbocycles. The van der Waals surface area contributed by atoms with Crippen molar-refractivity contribution in [3.05, 3.63) is 83.2 Å². The Labute approximate surface area is 227 Å². The molecule has 0 radical (unpaired) electrons. The van der Waals surface area contributed by atoms with Gasteiger partial charge in [-0.1, -0.05) is 26.2 Å². The van der Waals surface area contributed by atoms with Crippen LogP contribution in [0.2, 0.25) is 0 Å². The number of carbonyl (C=O) groups excluding carboxylic acids is 2. The Morgan fingerprint density at radius 2 is 1.46 bits per heavy atom. The Balaban J connectivity index is 1.89. The Morgan fingerprint density at radius 3 is 1.97 bits per heavy atom. The molecule has 5 nitrogen and oxygen atoms in total. The maximum absolute atomic E-state index is 14.8. The first-order valence-electron chi connectivity index (χ1n) is 12.9. The van der Waals surface area contributed by atoms with E-state index >= 15 is 0 Å². The summed E-state index contributed by atoms with van der Waals surface area (Å²) in [7, 11) is 0. The number of esters is 2. The largest absolute Gasteiger partial charge is 0.462 e. The molecule has 214 valence electrons. The second-order valence-electron chi connectivity index (χ2n) is 9.79. The van der Waals surface area contributed by atoms with Gasteiger partial charge in [-0.05, 0) is 94.1 Å². The van der Waals surface area contributed by atoms with E-state index < -0.39 is 35.2 Å². The van der Waals surface area contributed by atoms with Crippen LogP contribution in [0.5, 0.6) is 0 Å². The van der Waals surface area contributed by atoms with Crippen molar-refractivity contribution in [3.63, 3.8) is 0 Å². The minimum atomic E-state index is -4.22. The summed E-state index contributed by atoms with van der Waals surface area (Å²) in [4.78, 5) is 22.7. The molecule has 0 fully saturated rings. The van der Waals surface area contributed by atoms with Crippen molar-refractivity contribution in [2.24, 2.45) is 11.8 Å². The van der Waals surface area contributed by atoms with E-state index in [1.807, 2.05) is 6.92 Å². The molecule has 1 aromatic carbocycles. The van der Waals surface area contributed by atoms with E-state index in [1.54, 1.807) is 13.0 Å². The number of carbonyl (C=O) groups is 2. The number of unbranched alkanes of at least 4 members (excludes halogenated alkanes) is 2. The Morgan fingerprint density at radius 1 is 0.923 bits per heavy atom. The van der Waals surface area contributed by atoms with Gasteiger partial charge in [-0.2, -0.15) is 8.78 Å². The van der Waals surface area contributed by atoms with Gasteiger partial charge in [0.25, 0.3) is 0 Å². The molecule has 0 spiro atoms. The molecule has 0 aliphatic heterocycles. The van der Waals surface area contributed by atoms with Gasteiger partial charge in [-0.15, -0.1) is 0 Å². The fourth-order valence-corrected chi connectivity index (χ4v) is 4.00. The lowest BCUT2D eigenvalue weighted by Gasteiger charge is -2.26. The number of allylic oxidation sites excluding steroid dienone is 3. The van der Waals surface area contributed by atoms with Crippen molar-refractivity contribution in [2.75, 3.05) is 13.2 Å². The molecule has 0 aromatic heterocycles. The molecule has 1 aliphatic rings. The maximum atomic E-state index is 14.8. The SMILES string of the molecule is C=C(C)C(=O)OCCCCc1cc(F)c(C(F)(F)OC2=CC(C)C(CCCCOC(=O)C(=C)C)C=C2)c(F)c1. The average molecular weight is 553 g/mol. The van der Waals surface area contributed by atoms with E-state index in [0.29, 0.717) is 24.8 Å². The number of hydrogen-bond donors (Lipinski definition) is 0. The zero-order valence-corrected chi connectivity index (χ0v) is 22.7. The normalized spacial score (nSPS) is 16.8. The topological polar surface area (TPSA) is 61.8 Å². The molecule has 2 unspecified atom stereocenters. The van der Waals surface area contributed by atoms with Gasteiger partial charge in [0.05, 0.1) is 13.2 Å². The summed E-state index contributed by atoms with van der Waals surface area (Å²) >= 11 is 0. The third-order valence-electron chi connectivity index (χ3n) is 6.20. The minimum absolute atomic E-state index is 0.0554. The van der Waals surface area contributed by atoms with Crippen LogP contribution in [0.3, 0.4) is 0 Å². The lowest BCUT2D eigenvalue weighted by atomic mass is 9.85. The molecule has 1 aromatic rings. The molecule has 0 amide bonds. The number of halogens is 4. The predicted octanol–water partition coefficient (Wildman–Crippen LogP) is 7.47. The standard InChI is InChI=1S/C30H36F4O5/c1-19(2)28(35)37-14-8-6-10-22-17-25(31)27(26(32)18-22)30(33,34)39-24-13-12-23(21(5)16-24)11-7-9-15-38-29(36)20(3)4/h12-13,16-18,21,23H,1,3,6-11,14-15H2,2,4-5H3. The number of ether oxygens (including phenoxy) is 3. The lowest BCUT2D eigenvalue weighted by Crippen LogP contribution is -2.23. The maximum Gasteiger partial charge on any atom is 0.432 e. The van der Waals surface area contributed by atoms with E-state index in [-0.39, 0.29) is 48.4 Å². The molecule has 9 heteroatoms. The highest BCUT2D eigenvalue weighted by Gasteiger charge is 2.41. The van der Waals surface area contributed by atoms with E-state index in [9.17, 15) is 27.2 Å². The molecule has 0 saturated carbocycles. The first kappa shape index (κ1) is 31.9. The molecular formula is C30H36F4O5. The van der Waals surface area contributed by atoms with Crippen LogP contribution in [0.4, 0.5) is 17.6 Å². The van der Waals surface area contributed by atoms with E-state index in [0.717, 1.165) is 25.0 Å². The summed E-state index contributed by atoms with van der Waals surface area (Å²) in [6.07, 6.45) is 3.63. The van der Waals surface area contributed by atoms with E-state index in [1.165, 1.54) is 19.1 Å². The van der Waals surface area contributed by atoms with Crippen molar-refractivity contribution < 1.29 is 41.4 Å². The van der Waals surface area contributed by atoms with Crippen LogP contribution in [0, 0.1) is 23.5 Å². The van der Waals surface area contributed by atoms with Gasteiger partial charge in [0.15, 0.2) is 0 Å². The number of hydrogen-bond acceptors (Lipinski definition) is 5. The Kier molecular flexibility index (Phi) is 12.0. The Bertz CT molecular complexity index is 1100. The third kappa shape index (κ3) is 10.0. The number of rotatable bonds is 15. The van der Waals surface area contributed by atoms with Crippen molar-refractivity contribution in [3.8, 4) is 0 Å². The minimum Gasteiger partial charge on any atom is -0.462 e. The van der Waals surface area contributed by atoms with Crippen molar-refractivity contribution in [2.45, 2.75) is 65.4 Å². The van der Waals surface area contributed by atoms with Crippen molar-refractivity contribution in [1.29, 1.82) is 0 Å². The smallest absolute Gasteiger partial charge is 0.432 e. The number of aryl methyl sites for hydroxylation is 1. The van der Waals surface area contributed by atoms with Gasteiger partial charge in [0.2, 0.25) is 0 Å². The zero-order chi connectivity index (χ0) is 29.2. The molecule has 39 heavy (non-hydrogen) atoms. The van der Waals surface area contributed by atoms with Crippen LogP contribution in [0.1, 0.15) is 64.0 Å². The van der Waals surface area contributed by atoms with Gasteiger partial charge in [0.1, 0.15) is 23.0 Å². The van der Waals surface area contributed by atoms with Crippen LogP contribution in [0.25, 0.3) is 0 Å².